The first-order valence-corrected chi connectivity index (χ1v) is 19.6. The first-order valence-electron chi connectivity index (χ1n) is 19.6. The van der Waals surface area contributed by atoms with Gasteiger partial charge in [-0.1, -0.05) is 140 Å². The molecule has 1 unspecified atom stereocenters. The van der Waals surface area contributed by atoms with Gasteiger partial charge in [-0.25, -0.2) is 0 Å². The number of unbranched alkanes of at least 4 members (excludes halogenated alkanes) is 18. The van der Waals surface area contributed by atoms with E-state index >= 15 is 0 Å². The predicted octanol–water partition coefficient (Wildman–Crippen LogP) is 12.7. The molecule has 0 aliphatic heterocycles. The van der Waals surface area contributed by atoms with Gasteiger partial charge in [0.05, 0.1) is 27.7 Å². The molecule has 3 nitrogen and oxygen atoms in total. The molecule has 0 saturated carbocycles. The number of rotatable bonds is 35. The Bertz CT molecular complexity index is 687. The molecule has 0 N–H and O–H groups in total. The highest BCUT2D eigenvalue weighted by Crippen LogP contribution is 2.11. The summed E-state index contributed by atoms with van der Waals surface area (Å²) in [4.78, 5) is 0. The smallest absolute Gasteiger partial charge is 0.130 e. The minimum absolute atomic E-state index is 0.201. The average Bonchev–Trinajstić information content (AvgIpc) is 3.01. The zero-order chi connectivity index (χ0) is 32.9. The molecule has 0 aliphatic rings. The molecule has 264 valence electrons. The largest absolute Gasteiger partial charge is 0.379 e. The summed E-state index contributed by atoms with van der Waals surface area (Å²) >= 11 is 0. The molecule has 0 aromatic carbocycles. The van der Waals surface area contributed by atoms with Gasteiger partial charge in [-0.3, -0.25) is 0 Å². The van der Waals surface area contributed by atoms with Crippen molar-refractivity contribution in [3.63, 3.8) is 0 Å². The average molecular weight is 631 g/mol. The molecule has 0 fully saturated rings. The Morgan fingerprint density at radius 2 is 0.822 bits per heavy atom. The van der Waals surface area contributed by atoms with E-state index in [1.165, 1.54) is 141 Å². The van der Waals surface area contributed by atoms with Crippen LogP contribution in [0.2, 0.25) is 0 Å². The number of nitrogens with zero attached hydrogens (tertiary/aromatic N) is 1. The Morgan fingerprint density at radius 1 is 0.444 bits per heavy atom. The molecule has 0 amide bonds. The van der Waals surface area contributed by atoms with E-state index in [2.05, 4.69) is 83.6 Å². The van der Waals surface area contributed by atoms with Gasteiger partial charge in [0, 0.05) is 13.2 Å². The minimum atomic E-state index is 0.201. The lowest BCUT2D eigenvalue weighted by molar-refractivity contribution is -0.873. The molecule has 0 aromatic rings. The molecule has 0 aromatic heterocycles. The van der Waals surface area contributed by atoms with Crippen LogP contribution >= 0.6 is 0 Å². The summed E-state index contributed by atoms with van der Waals surface area (Å²) in [5, 5.41) is 0. The third kappa shape index (κ3) is 38.9. The molecule has 0 radical (unpaired) electrons. The summed E-state index contributed by atoms with van der Waals surface area (Å²) in [5.41, 5.74) is 0. The van der Waals surface area contributed by atoms with Gasteiger partial charge >= 0.3 is 0 Å². The molecule has 0 spiro atoms. The van der Waals surface area contributed by atoms with E-state index in [1.807, 2.05) is 0 Å². The van der Waals surface area contributed by atoms with Gasteiger partial charge in [-0.15, -0.1) is 0 Å². The third-order valence-electron chi connectivity index (χ3n) is 8.24. The van der Waals surface area contributed by atoms with E-state index in [1.54, 1.807) is 0 Å². The number of likely N-dealkylation sites (N-methyl/N-ethyl adjacent to an activating group) is 1. The summed E-state index contributed by atoms with van der Waals surface area (Å²) in [6.45, 7) is 8.01. The molecular weight excluding hydrogens is 550 g/mol. The highest BCUT2D eigenvalue weighted by molar-refractivity contribution is 4.93. The quantitative estimate of drug-likeness (QED) is 0.0394. The lowest BCUT2D eigenvalue weighted by Crippen LogP contribution is -2.44. The number of hydrogen-bond acceptors (Lipinski definition) is 2. The molecule has 0 saturated heterocycles. The van der Waals surface area contributed by atoms with E-state index in [9.17, 15) is 0 Å². The number of ether oxygens (including phenoxy) is 2. The predicted molar refractivity (Wildman–Crippen MR) is 202 cm³/mol. The maximum Gasteiger partial charge on any atom is 0.130 e. The van der Waals surface area contributed by atoms with Crippen molar-refractivity contribution in [2.75, 3.05) is 47.5 Å². The fraction of sp³-hybridized carbons (Fsp3) is 0.810. The zero-order valence-electron chi connectivity index (χ0n) is 31.3. The van der Waals surface area contributed by atoms with E-state index in [0.29, 0.717) is 0 Å². The molecular formula is C42H80NO2+. The molecule has 3 heteroatoms. The Kier molecular flexibility index (Phi) is 34.8. The lowest BCUT2D eigenvalue weighted by atomic mass is 10.1. The summed E-state index contributed by atoms with van der Waals surface area (Å²) in [5.74, 6) is 0. The van der Waals surface area contributed by atoms with Crippen molar-refractivity contribution in [3.8, 4) is 0 Å². The highest BCUT2D eigenvalue weighted by atomic mass is 16.5. The normalized spacial score (nSPS) is 13.4. The topological polar surface area (TPSA) is 18.5 Å². The van der Waals surface area contributed by atoms with Crippen molar-refractivity contribution >= 4 is 0 Å². The Morgan fingerprint density at radius 3 is 1.24 bits per heavy atom. The van der Waals surface area contributed by atoms with Crippen LogP contribution < -0.4 is 0 Å². The van der Waals surface area contributed by atoms with Gasteiger partial charge in [0.15, 0.2) is 0 Å². The second-order valence-electron chi connectivity index (χ2n) is 14.2. The summed E-state index contributed by atoms with van der Waals surface area (Å²) < 4.78 is 13.3. The standard InChI is InChI=1S/C42H80NO2/c1-6-8-10-12-14-16-18-20-22-24-26-28-30-32-34-36-38-44-41-42(40-43(3,4)5)45-39-37-35-33-31-29-27-25-23-21-19-17-15-13-11-9-7-2/h14-17,20-23,42H,6-13,18-19,24-41H2,1-5H3/q+1/b16-14-,17-15-,22-20-,23-21-. The van der Waals surface area contributed by atoms with Crippen LogP contribution in [0.3, 0.4) is 0 Å². The molecule has 1 atom stereocenters. The molecule has 0 heterocycles. The van der Waals surface area contributed by atoms with Crippen LogP contribution in [0.15, 0.2) is 48.6 Å². The minimum Gasteiger partial charge on any atom is -0.379 e. The van der Waals surface area contributed by atoms with E-state index in [4.69, 9.17) is 9.47 Å². The van der Waals surface area contributed by atoms with E-state index < -0.39 is 0 Å². The first-order chi connectivity index (χ1) is 22.0. The van der Waals surface area contributed by atoms with Gasteiger partial charge in [-0.05, 0) is 77.0 Å². The maximum atomic E-state index is 6.31. The Balaban J connectivity index is 3.68. The van der Waals surface area contributed by atoms with Crippen LogP contribution in [0, 0.1) is 0 Å². The summed E-state index contributed by atoms with van der Waals surface area (Å²) in [6, 6.07) is 0. The fourth-order valence-corrected chi connectivity index (χ4v) is 5.51. The second kappa shape index (κ2) is 35.7. The van der Waals surface area contributed by atoms with Crippen molar-refractivity contribution < 1.29 is 14.0 Å². The van der Waals surface area contributed by atoms with Crippen LogP contribution in [0.5, 0.6) is 0 Å². The van der Waals surface area contributed by atoms with E-state index in [0.717, 1.165) is 43.7 Å². The molecule has 0 aliphatic carbocycles. The first kappa shape index (κ1) is 43.8. The van der Waals surface area contributed by atoms with Crippen molar-refractivity contribution in [1.82, 2.24) is 0 Å². The SMILES string of the molecule is CCCCC/C=C\C/C=C\CCCCCCCCOCC(C[N+](C)(C)C)OCCCCCCCC/C=C\C/C=C\CCCCC. The van der Waals surface area contributed by atoms with Crippen molar-refractivity contribution in [3.05, 3.63) is 48.6 Å². The van der Waals surface area contributed by atoms with Crippen molar-refractivity contribution in [2.24, 2.45) is 0 Å². The van der Waals surface area contributed by atoms with Gasteiger partial charge in [0.25, 0.3) is 0 Å². The van der Waals surface area contributed by atoms with Crippen molar-refractivity contribution in [1.29, 1.82) is 0 Å². The zero-order valence-corrected chi connectivity index (χ0v) is 31.3. The van der Waals surface area contributed by atoms with Crippen LogP contribution in [-0.2, 0) is 9.47 Å². The number of hydrogen-bond donors (Lipinski definition) is 0. The van der Waals surface area contributed by atoms with Crippen LogP contribution in [0.1, 0.15) is 168 Å². The maximum absolute atomic E-state index is 6.31. The second-order valence-corrected chi connectivity index (χ2v) is 14.2. The Labute approximate surface area is 283 Å². The van der Waals surface area contributed by atoms with Crippen LogP contribution in [-0.4, -0.2) is 58.1 Å². The third-order valence-corrected chi connectivity index (χ3v) is 8.24. The number of quaternary nitrogens is 1. The van der Waals surface area contributed by atoms with Gasteiger partial charge in [-0.2, -0.15) is 0 Å². The van der Waals surface area contributed by atoms with Gasteiger partial charge in [0.2, 0.25) is 0 Å². The lowest BCUT2D eigenvalue weighted by Gasteiger charge is -2.29. The van der Waals surface area contributed by atoms with Crippen LogP contribution in [0.4, 0.5) is 0 Å². The Hall–Kier alpha value is -1.16. The molecule has 0 rings (SSSR count). The van der Waals surface area contributed by atoms with E-state index in [-0.39, 0.29) is 6.10 Å². The van der Waals surface area contributed by atoms with Crippen LogP contribution in [0.25, 0.3) is 0 Å². The van der Waals surface area contributed by atoms with Gasteiger partial charge < -0.3 is 14.0 Å². The van der Waals surface area contributed by atoms with Gasteiger partial charge in [0.1, 0.15) is 12.6 Å². The summed E-state index contributed by atoms with van der Waals surface area (Å²) in [6.07, 6.45) is 49.8. The number of allylic oxidation sites excluding steroid dienone is 8. The highest BCUT2D eigenvalue weighted by Gasteiger charge is 2.19. The molecule has 45 heavy (non-hydrogen) atoms. The summed E-state index contributed by atoms with van der Waals surface area (Å²) in [7, 11) is 6.75. The monoisotopic (exact) mass is 631 g/mol. The fourth-order valence-electron chi connectivity index (χ4n) is 5.51. The molecule has 0 bridgehead atoms. The van der Waals surface area contributed by atoms with Crippen molar-refractivity contribution in [2.45, 2.75) is 174 Å².